The Labute approximate surface area is 114 Å². The Hall–Kier alpha value is -2.02. The highest BCUT2D eigenvalue weighted by Crippen LogP contribution is 2.33. The van der Waals surface area contributed by atoms with Crippen molar-refractivity contribution in [2.45, 2.75) is 6.92 Å². The monoisotopic (exact) mass is 280 g/mol. The number of carbonyl (C=O) groups is 1. The maximum absolute atomic E-state index is 13.3. The zero-order valence-corrected chi connectivity index (χ0v) is 11.6. The lowest BCUT2D eigenvalue weighted by Gasteiger charge is -2.22. The highest BCUT2D eigenvalue weighted by molar-refractivity contribution is 7.09. The molecule has 1 aromatic heterocycles. The number of amides is 1. The molecule has 2 aromatic rings. The van der Waals surface area contributed by atoms with Gasteiger partial charge in [-0.2, -0.15) is 4.37 Å². The number of halogens is 1. The maximum atomic E-state index is 13.3. The van der Waals surface area contributed by atoms with Gasteiger partial charge in [-0.05, 0) is 25.1 Å². The SMILES string of the molecule is Cc1nsc(N(C)c2ccc(F)cc2N(C)C=O)n1. The minimum atomic E-state index is -0.394. The van der Waals surface area contributed by atoms with Crippen molar-refractivity contribution in [3.63, 3.8) is 0 Å². The van der Waals surface area contributed by atoms with Gasteiger partial charge in [-0.15, -0.1) is 0 Å². The average molecular weight is 280 g/mol. The highest BCUT2D eigenvalue weighted by Gasteiger charge is 2.16. The van der Waals surface area contributed by atoms with E-state index in [0.29, 0.717) is 28.7 Å². The fourth-order valence-corrected chi connectivity index (χ4v) is 2.29. The molecule has 0 aliphatic heterocycles. The first-order valence-corrected chi connectivity index (χ1v) is 6.32. The van der Waals surface area contributed by atoms with Crippen molar-refractivity contribution in [3.05, 3.63) is 29.8 Å². The largest absolute Gasteiger partial charge is 0.318 e. The van der Waals surface area contributed by atoms with Crippen LogP contribution < -0.4 is 9.80 Å². The fraction of sp³-hybridized carbons (Fsp3) is 0.250. The molecule has 0 aliphatic rings. The van der Waals surface area contributed by atoms with Crippen molar-refractivity contribution in [1.29, 1.82) is 0 Å². The normalized spacial score (nSPS) is 10.3. The second-order valence-electron chi connectivity index (χ2n) is 4.03. The van der Waals surface area contributed by atoms with Crippen molar-refractivity contribution >= 4 is 34.4 Å². The van der Waals surface area contributed by atoms with E-state index >= 15 is 0 Å². The molecule has 0 spiro atoms. The molecule has 2 rings (SSSR count). The number of hydrogen-bond acceptors (Lipinski definition) is 5. The molecule has 1 aromatic carbocycles. The van der Waals surface area contributed by atoms with Crippen LogP contribution >= 0.6 is 11.5 Å². The van der Waals surface area contributed by atoms with E-state index in [1.54, 1.807) is 32.0 Å². The smallest absolute Gasteiger partial charge is 0.213 e. The van der Waals surface area contributed by atoms with E-state index in [-0.39, 0.29) is 0 Å². The Balaban J connectivity index is 2.46. The molecular formula is C12H13FN4OS. The molecule has 0 unspecified atom stereocenters. The van der Waals surface area contributed by atoms with E-state index < -0.39 is 5.82 Å². The molecule has 0 saturated carbocycles. The van der Waals surface area contributed by atoms with E-state index in [1.165, 1.54) is 28.6 Å². The summed E-state index contributed by atoms with van der Waals surface area (Å²) in [5.74, 6) is 0.286. The Morgan fingerprint density at radius 2 is 2.05 bits per heavy atom. The van der Waals surface area contributed by atoms with Crippen LogP contribution in [0.5, 0.6) is 0 Å². The molecule has 0 atom stereocenters. The summed E-state index contributed by atoms with van der Waals surface area (Å²) in [6.07, 6.45) is 0.636. The second-order valence-corrected chi connectivity index (χ2v) is 4.76. The standard InChI is InChI=1S/C12H13FN4OS/c1-8-14-12(19-15-8)17(3)10-5-4-9(13)6-11(10)16(2)7-18/h4-7H,1-3H3. The van der Waals surface area contributed by atoms with Gasteiger partial charge in [0.2, 0.25) is 11.5 Å². The van der Waals surface area contributed by atoms with Gasteiger partial charge >= 0.3 is 0 Å². The summed E-state index contributed by atoms with van der Waals surface area (Å²) < 4.78 is 17.4. The molecule has 100 valence electrons. The Morgan fingerprint density at radius 1 is 1.32 bits per heavy atom. The van der Waals surface area contributed by atoms with E-state index in [1.807, 2.05) is 0 Å². The predicted molar refractivity (Wildman–Crippen MR) is 73.6 cm³/mol. The third-order valence-corrected chi connectivity index (χ3v) is 3.52. The van der Waals surface area contributed by atoms with E-state index in [4.69, 9.17) is 0 Å². The van der Waals surface area contributed by atoms with Gasteiger partial charge in [0, 0.05) is 25.6 Å². The lowest BCUT2D eigenvalue weighted by Crippen LogP contribution is -2.19. The Kier molecular flexibility index (Phi) is 3.75. The van der Waals surface area contributed by atoms with E-state index in [9.17, 15) is 9.18 Å². The number of carbonyl (C=O) groups excluding carboxylic acids is 1. The van der Waals surface area contributed by atoms with Crippen molar-refractivity contribution in [1.82, 2.24) is 9.36 Å². The Bertz CT molecular complexity index is 601. The number of aryl methyl sites for hydroxylation is 1. The number of anilines is 3. The third-order valence-electron chi connectivity index (χ3n) is 2.64. The van der Waals surface area contributed by atoms with Crippen molar-refractivity contribution < 1.29 is 9.18 Å². The molecule has 1 heterocycles. The number of aromatic nitrogens is 2. The molecule has 7 heteroatoms. The first kappa shape index (κ1) is 13.4. The summed E-state index contributed by atoms with van der Waals surface area (Å²) in [5.41, 5.74) is 1.16. The number of nitrogens with zero attached hydrogens (tertiary/aromatic N) is 4. The highest BCUT2D eigenvalue weighted by atomic mass is 32.1. The first-order valence-electron chi connectivity index (χ1n) is 5.54. The lowest BCUT2D eigenvalue weighted by atomic mass is 10.2. The maximum Gasteiger partial charge on any atom is 0.213 e. The molecule has 0 N–H and O–H groups in total. The number of hydrogen-bond donors (Lipinski definition) is 0. The molecule has 0 saturated heterocycles. The molecule has 5 nitrogen and oxygen atoms in total. The van der Waals surface area contributed by atoms with Crippen LogP contribution in [0.1, 0.15) is 5.82 Å². The fourth-order valence-electron chi connectivity index (χ4n) is 1.64. The zero-order valence-electron chi connectivity index (χ0n) is 10.8. The van der Waals surface area contributed by atoms with Gasteiger partial charge in [0.05, 0.1) is 11.4 Å². The van der Waals surface area contributed by atoms with Gasteiger partial charge in [0.1, 0.15) is 11.6 Å². The molecule has 0 radical (unpaired) electrons. The van der Waals surface area contributed by atoms with Crippen molar-refractivity contribution in [2.75, 3.05) is 23.9 Å². The van der Waals surface area contributed by atoms with Crippen LogP contribution in [-0.2, 0) is 4.79 Å². The van der Waals surface area contributed by atoms with Crippen LogP contribution in [0.25, 0.3) is 0 Å². The third kappa shape index (κ3) is 2.70. The molecule has 19 heavy (non-hydrogen) atoms. The zero-order chi connectivity index (χ0) is 14.0. The summed E-state index contributed by atoms with van der Waals surface area (Å²) in [4.78, 5) is 18.3. The number of benzene rings is 1. The lowest BCUT2D eigenvalue weighted by molar-refractivity contribution is -0.107. The first-order chi connectivity index (χ1) is 9.02. The van der Waals surface area contributed by atoms with Gasteiger partial charge in [0.25, 0.3) is 0 Å². The topological polar surface area (TPSA) is 49.3 Å². The summed E-state index contributed by atoms with van der Waals surface area (Å²) in [6.45, 7) is 1.80. The van der Waals surface area contributed by atoms with Gasteiger partial charge in [-0.1, -0.05) is 0 Å². The van der Waals surface area contributed by atoms with Crippen LogP contribution in [0.15, 0.2) is 18.2 Å². The molecule has 0 fully saturated rings. The van der Waals surface area contributed by atoms with Gasteiger partial charge in [-0.3, -0.25) is 4.79 Å². The quantitative estimate of drug-likeness (QED) is 0.807. The number of rotatable bonds is 4. The Morgan fingerprint density at radius 3 is 2.63 bits per heavy atom. The summed E-state index contributed by atoms with van der Waals surface area (Å²) in [7, 11) is 3.37. The van der Waals surface area contributed by atoms with Gasteiger partial charge in [-0.25, -0.2) is 9.37 Å². The summed E-state index contributed by atoms with van der Waals surface area (Å²) in [5, 5.41) is 0.685. The van der Waals surface area contributed by atoms with Crippen molar-refractivity contribution in [2.24, 2.45) is 0 Å². The van der Waals surface area contributed by atoms with Crippen LogP contribution in [0.3, 0.4) is 0 Å². The van der Waals surface area contributed by atoms with Gasteiger partial charge < -0.3 is 9.80 Å². The minimum Gasteiger partial charge on any atom is -0.318 e. The van der Waals surface area contributed by atoms with Crippen molar-refractivity contribution in [3.8, 4) is 0 Å². The molecule has 0 bridgehead atoms. The summed E-state index contributed by atoms with van der Waals surface area (Å²) >= 11 is 1.25. The van der Waals surface area contributed by atoms with Crippen LogP contribution in [0, 0.1) is 12.7 Å². The summed E-state index contributed by atoms with van der Waals surface area (Å²) in [6, 6.07) is 4.28. The van der Waals surface area contributed by atoms with E-state index in [2.05, 4.69) is 9.36 Å². The second kappa shape index (κ2) is 5.31. The predicted octanol–water partition coefficient (Wildman–Crippen LogP) is 2.35. The average Bonchev–Trinajstić information content (AvgIpc) is 2.83. The van der Waals surface area contributed by atoms with Gasteiger partial charge in [0.15, 0.2) is 0 Å². The van der Waals surface area contributed by atoms with E-state index in [0.717, 1.165) is 0 Å². The molecule has 1 amide bonds. The van der Waals surface area contributed by atoms with Crippen LogP contribution in [0.2, 0.25) is 0 Å². The minimum absolute atomic E-state index is 0.394. The molecular weight excluding hydrogens is 267 g/mol. The molecule has 0 aliphatic carbocycles. The van der Waals surface area contributed by atoms with Crippen LogP contribution in [-0.4, -0.2) is 29.9 Å². The van der Waals surface area contributed by atoms with Crippen LogP contribution in [0.4, 0.5) is 20.9 Å².